The Balaban J connectivity index is -0.000000565. The summed E-state index contributed by atoms with van der Waals surface area (Å²) in [6, 6.07) is 13.0. The predicted molar refractivity (Wildman–Crippen MR) is 212 cm³/mol. The van der Waals surface area contributed by atoms with Crippen molar-refractivity contribution < 1.29 is 9.47 Å². The number of rotatable bonds is 12. The van der Waals surface area contributed by atoms with Gasteiger partial charge in [-0.1, -0.05) is 146 Å². The molecule has 46 heavy (non-hydrogen) atoms. The van der Waals surface area contributed by atoms with Gasteiger partial charge >= 0.3 is 0 Å². The third-order valence-electron chi connectivity index (χ3n) is 7.19. The van der Waals surface area contributed by atoms with Crippen LogP contribution in [0.25, 0.3) is 6.08 Å². The van der Waals surface area contributed by atoms with Crippen molar-refractivity contribution in [2.24, 2.45) is 29.1 Å². The monoisotopic (exact) mass is 639 g/mol. The van der Waals surface area contributed by atoms with Gasteiger partial charge in [0, 0.05) is 12.7 Å². The number of benzene rings is 2. The summed E-state index contributed by atoms with van der Waals surface area (Å²) in [5.74, 6) is 3.95. The molecule has 0 radical (unpaired) electrons. The molecule has 2 heteroatoms. The van der Waals surface area contributed by atoms with Gasteiger partial charge in [-0.2, -0.15) is 0 Å². The summed E-state index contributed by atoms with van der Waals surface area (Å²) in [6.07, 6.45) is 9.69. The summed E-state index contributed by atoms with van der Waals surface area (Å²) < 4.78 is 10.7. The molecular weight excluding hydrogens is 560 g/mol. The highest BCUT2D eigenvalue weighted by atomic mass is 16.5. The zero-order valence-electron chi connectivity index (χ0n) is 32.9. The van der Waals surface area contributed by atoms with E-state index in [2.05, 4.69) is 152 Å². The molecule has 0 heterocycles. The lowest BCUT2D eigenvalue weighted by atomic mass is 9.75. The summed E-state index contributed by atoms with van der Waals surface area (Å²) in [4.78, 5) is 0. The molecule has 0 spiro atoms. The zero-order valence-corrected chi connectivity index (χ0v) is 32.9. The molecule has 0 amide bonds. The van der Waals surface area contributed by atoms with Gasteiger partial charge in [-0.05, 0) is 103 Å². The third-order valence-corrected chi connectivity index (χ3v) is 7.19. The highest BCUT2D eigenvalue weighted by Gasteiger charge is 2.27. The standard InChI is InChI=1S/C16H26O.C12H16.C9H20O.C6H12.CH4/c1-11(2)10-16(5,6)15-13(4)8-12(3)9-14(15)17-7;1-4-11-5-7-12(8-6-11)9-10(2)3;1-8(2)6-9(3,4)7-10-5;1-4-5-6(2)3;/h8-9,11H,10H2,1-7H3;4-8,10H,1,9H2,2-3H3;8H,6-7H2,1-5H3;4-6H,1-3H3;1H4/b;;;5-4+;. The Labute approximate surface area is 289 Å². The van der Waals surface area contributed by atoms with Crippen molar-refractivity contribution in [2.45, 2.75) is 136 Å². The maximum atomic E-state index is 5.57. The minimum absolute atomic E-state index is 0. The SMILES string of the molecule is C.C/C=C/C(C)C.C=Cc1ccc(CC(C)C)cc1.COCC(C)(C)CC(C)C.COc1cc(C)cc(C)c1C(C)(C)CC(C)C. The Kier molecular flexibility index (Phi) is 25.9. The van der Waals surface area contributed by atoms with Gasteiger partial charge in [-0.3, -0.25) is 0 Å². The van der Waals surface area contributed by atoms with Gasteiger partial charge in [-0.25, -0.2) is 0 Å². The van der Waals surface area contributed by atoms with E-state index in [0.29, 0.717) is 11.3 Å². The van der Waals surface area contributed by atoms with Gasteiger partial charge in [0.25, 0.3) is 0 Å². The van der Waals surface area contributed by atoms with Crippen molar-refractivity contribution in [3.05, 3.63) is 82.9 Å². The van der Waals surface area contributed by atoms with Crippen molar-refractivity contribution in [1.29, 1.82) is 0 Å². The fraction of sp³-hybridized carbons (Fsp3) is 0.636. The first-order chi connectivity index (χ1) is 20.7. The molecule has 2 aromatic carbocycles. The Morgan fingerprint density at radius 2 is 1.30 bits per heavy atom. The molecule has 0 aromatic heterocycles. The first-order valence-corrected chi connectivity index (χ1v) is 17.2. The van der Waals surface area contributed by atoms with Gasteiger partial charge in [0.1, 0.15) is 5.75 Å². The van der Waals surface area contributed by atoms with Gasteiger partial charge in [0.05, 0.1) is 13.7 Å². The highest BCUT2D eigenvalue weighted by Crippen LogP contribution is 2.39. The van der Waals surface area contributed by atoms with Crippen molar-refractivity contribution in [1.82, 2.24) is 0 Å². The molecule has 0 aliphatic rings. The van der Waals surface area contributed by atoms with Gasteiger partial charge in [-0.15, -0.1) is 0 Å². The molecule has 2 aromatic rings. The number of hydrogen-bond donors (Lipinski definition) is 0. The van der Waals surface area contributed by atoms with Crippen molar-refractivity contribution in [2.75, 3.05) is 20.8 Å². The van der Waals surface area contributed by atoms with Crippen LogP contribution in [0.1, 0.15) is 138 Å². The Morgan fingerprint density at radius 3 is 1.65 bits per heavy atom. The zero-order chi connectivity index (χ0) is 35.4. The second-order valence-electron chi connectivity index (χ2n) is 15.6. The van der Waals surface area contributed by atoms with E-state index >= 15 is 0 Å². The molecule has 266 valence electrons. The molecule has 2 rings (SSSR count). The lowest BCUT2D eigenvalue weighted by molar-refractivity contribution is 0.0890. The van der Waals surface area contributed by atoms with Crippen LogP contribution in [-0.4, -0.2) is 20.8 Å². The van der Waals surface area contributed by atoms with Crippen molar-refractivity contribution in [3.8, 4) is 5.75 Å². The number of ether oxygens (including phenoxy) is 2. The van der Waals surface area contributed by atoms with Crippen LogP contribution in [0.15, 0.2) is 55.1 Å². The largest absolute Gasteiger partial charge is 0.496 e. The van der Waals surface area contributed by atoms with Crippen LogP contribution in [0.3, 0.4) is 0 Å². The van der Waals surface area contributed by atoms with Crippen LogP contribution in [0, 0.1) is 42.9 Å². The fourth-order valence-corrected chi connectivity index (χ4v) is 6.28. The van der Waals surface area contributed by atoms with Crippen LogP contribution in [-0.2, 0) is 16.6 Å². The predicted octanol–water partition coefficient (Wildman–Crippen LogP) is 13.7. The minimum Gasteiger partial charge on any atom is -0.496 e. The van der Waals surface area contributed by atoms with E-state index < -0.39 is 0 Å². The van der Waals surface area contributed by atoms with E-state index in [4.69, 9.17) is 9.47 Å². The molecule has 0 atom stereocenters. The van der Waals surface area contributed by atoms with Crippen LogP contribution in [0.2, 0.25) is 0 Å². The number of hydrogen-bond acceptors (Lipinski definition) is 2. The van der Waals surface area contributed by atoms with Gasteiger partial charge < -0.3 is 9.47 Å². The molecule has 0 saturated heterocycles. The van der Waals surface area contributed by atoms with Crippen molar-refractivity contribution in [3.63, 3.8) is 0 Å². The summed E-state index contributed by atoms with van der Waals surface area (Å²) in [5, 5.41) is 0. The van der Waals surface area contributed by atoms with Gasteiger partial charge in [0.15, 0.2) is 0 Å². The fourth-order valence-electron chi connectivity index (χ4n) is 6.28. The quantitative estimate of drug-likeness (QED) is 0.215. The Morgan fingerprint density at radius 1 is 0.783 bits per heavy atom. The smallest absolute Gasteiger partial charge is 0.123 e. The molecule has 0 aliphatic carbocycles. The molecule has 0 fully saturated rings. The summed E-state index contributed by atoms with van der Waals surface area (Å²) in [6.45, 7) is 37.9. The molecule has 0 unspecified atom stereocenters. The van der Waals surface area contributed by atoms with Gasteiger partial charge in [0.2, 0.25) is 0 Å². The minimum atomic E-state index is 0. The molecule has 0 N–H and O–H groups in total. The Hall–Kier alpha value is -2.32. The molecule has 2 nitrogen and oxygen atoms in total. The molecule has 0 bridgehead atoms. The summed E-state index contributed by atoms with van der Waals surface area (Å²) in [7, 11) is 3.53. The van der Waals surface area contributed by atoms with E-state index in [9.17, 15) is 0 Å². The van der Waals surface area contributed by atoms with Crippen molar-refractivity contribution >= 4 is 6.08 Å². The first kappa shape index (κ1) is 48.1. The van der Waals surface area contributed by atoms with E-state index in [0.717, 1.165) is 36.5 Å². The van der Waals surface area contributed by atoms with E-state index in [1.165, 1.54) is 40.7 Å². The normalized spacial score (nSPS) is 11.3. The topological polar surface area (TPSA) is 18.5 Å². The van der Waals surface area contributed by atoms with Crippen LogP contribution >= 0.6 is 0 Å². The number of aryl methyl sites for hydroxylation is 2. The highest BCUT2D eigenvalue weighted by molar-refractivity contribution is 5.48. The summed E-state index contributed by atoms with van der Waals surface area (Å²) >= 11 is 0. The second kappa shape index (κ2) is 24.8. The van der Waals surface area contributed by atoms with Crippen LogP contribution in [0.4, 0.5) is 0 Å². The maximum Gasteiger partial charge on any atom is 0.123 e. The lowest BCUT2D eigenvalue weighted by Gasteiger charge is -2.31. The molecule has 0 saturated carbocycles. The number of allylic oxidation sites excluding steroid dienone is 2. The lowest BCUT2D eigenvalue weighted by Crippen LogP contribution is -2.22. The maximum absolute atomic E-state index is 5.57. The van der Waals surface area contributed by atoms with E-state index in [-0.39, 0.29) is 12.8 Å². The van der Waals surface area contributed by atoms with E-state index in [1.807, 2.05) is 13.0 Å². The van der Waals surface area contributed by atoms with E-state index in [1.54, 1.807) is 14.2 Å². The average Bonchev–Trinajstić information content (AvgIpc) is 2.87. The van der Waals surface area contributed by atoms with Crippen LogP contribution in [0.5, 0.6) is 5.75 Å². The second-order valence-corrected chi connectivity index (χ2v) is 15.6. The third kappa shape index (κ3) is 23.1. The summed E-state index contributed by atoms with van der Waals surface area (Å²) in [5.41, 5.74) is 7.09. The molecule has 0 aliphatic heterocycles. The Bertz CT molecular complexity index is 1070. The first-order valence-electron chi connectivity index (χ1n) is 17.2. The van der Waals surface area contributed by atoms with Crippen LogP contribution < -0.4 is 4.74 Å². The average molecular weight is 639 g/mol. The number of methoxy groups -OCH3 is 2. The molecular formula is C44H78O2.